The summed E-state index contributed by atoms with van der Waals surface area (Å²) >= 11 is 7.06. The zero-order chi connectivity index (χ0) is 24.2. The fourth-order valence-corrected chi connectivity index (χ4v) is 5.21. The zero-order valence-corrected chi connectivity index (χ0v) is 19.4. The number of halogens is 4. The van der Waals surface area contributed by atoms with Crippen molar-refractivity contribution < 1.29 is 26.4 Å². The molecule has 6 nitrogen and oxygen atoms in total. The Morgan fingerprint density at radius 1 is 1.18 bits per heavy atom. The number of hydrogen-bond acceptors (Lipinski definition) is 5. The first-order chi connectivity index (χ1) is 15.5. The van der Waals surface area contributed by atoms with Crippen LogP contribution in [0.3, 0.4) is 0 Å². The van der Waals surface area contributed by atoms with E-state index < -0.39 is 39.2 Å². The van der Waals surface area contributed by atoms with Crippen LogP contribution in [0, 0.1) is 6.92 Å². The Balaban J connectivity index is 1.95. The molecule has 0 saturated carbocycles. The number of hydrogen-bond donors (Lipinski definition) is 1. The third-order valence-corrected chi connectivity index (χ3v) is 7.51. The van der Waals surface area contributed by atoms with E-state index in [-0.39, 0.29) is 10.6 Å². The molecule has 0 unspecified atom stereocenters. The highest BCUT2D eigenvalue weighted by molar-refractivity contribution is 7.92. The number of alkyl halides is 3. The lowest BCUT2D eigenvalue weighted by Crippen LogP contribution is -2.39. The molecule has 174 valence electrons. The smallest absolute Gasteiger partial charge is 0.271 e. The van der Waals surface area contributed by atoms with Crippen LogP contribution in [0.5, 0.6) is 0 Å². The number of amides is 1. The molecule has 1 amide bonds. The van der Waals surface area contributed by atoms with Gasteiger partial charge < -0.3 is 0 Å². The van der Waals surface area contributed by atoms with Crippen molar-refractivity contribution in [3.63, 3.8) is 0 Å². The average Bonchev–Trinajstić information content (AvgIpc) is 3.17. The van der Waals surface area contributed by atoms with Crippen molar-refractivity contribution in [1.82, 2.24) is 5.43 Å². The van der Waals surface area contributed by atoms with Gasteiger partial charge in [0.1, 0.15) is 6.54 Å². The standard InChI is InChI=1S/C21H17ClF3N3O3S2/c1-14-9-10-32-19(14)12-26-27-20(29)13-28(33(30,31)16-5-3-2-4-6-16)15-7-8-18(22)17(11-15)21(23,24)25/h2-12H,13H2,1H3,(H,27,29)/b26-12-. The van der Waals surface area contributed by atoms with E-state index in [0.717, 1.165) is 22.6 Å². The van der Waals surface area contributed by atoms with Gasteiger partial charge in [-0.1, -0.05) is 29.8 Å². The molecule has 0 spiro atoms. The molecule has 0 aliphatic heterocycles. The topological polar surface area (TPSA) is 78.8 Å². The largest absolute Gasteiger partial charge is 0.417 e. The Labute approximate surface area is 197 Å². The molecule has 0 bridgehead atoms. The van der Waals surface area contributed by atoms with E-state index in [1.165, 1.54) is 41.8 Å². The molecule has 0 aliphatic rings. The fraction of sp³-hybridized carbons (Fsp3) is 0.143. The second kappa shape index (κ2) is 9.94. The van der Waals surface area contributed by atoms with Crippen LogP contribution in [0.1, 0.15) is 16.0 Å². The number of aryl methyl sites for hydroxylation is 1. The van der Waals surface area contributed by atoms with E-state index in [0.29, 0.717) is 10.4 Å². The van der Waals surface area contributed by atoms with Crippen LogP contribution in [-0.4, -0.2) is 27.1 Å². The maximum absolute atomic E-state index is 13.4. The summed E-state index contributed by atoms with van der Waals surface area (Å²) in [7, 11) is -4.39. The molecule has 12 heteroatoms. The minimum absolute atomic E-state index is 0.195. The first-order valence-corrected chi connectivity index (χ1v) is 12.0. The van der Waals surface area contributed by atoms with Crippen LogP contribution in [0.2, 0.25) is 5.02 Å². The lowest BCUT2D eigenvalue weighted by atomic mass is 10.2. The van der Waals surface area contributed by atoms with E-state index in [9.17, 15) is 26.4 Å². The monoisotopic (exact) mass is 515 g/mol. The van der Waals surface area contributed by atoms with E-state index in [4.69, 9.17) is 11.6 Å². The predicted molar refractivity (Wildman–Crippen MR) is 122 cm³/mol. The minimum Gasteiger partial charge on any atom is -0.271 e. The van der Waals surface area contributed by atoms with Crippen molar-refractivity contribution in [2.75, 3.05) is 10.8 Å². The quantitative estimate of drug-likeness (QED) is 0.352. The first-order valence-electron chi connectivity index (χ1n) is 9.30. The summed E-state index contributed by atoms with van der Waals surface area (Å²) < 4.78 is 67.1. The van der Waals surface area contributed by atoms with E-state index in [2.05, 4.69) is 10.5 Å². The Morgan fingerprint density at radius 2 is 1.88 bits per heavy atom. The third kappa shape index (κ3) is 5.92. The summed E-state index contributed by atoms with van der Waals surface area (Å²) in [6.45, 7) is 1.05. The van der Waals surface area contributed by atoms with Crippen LogP contribution in [0.25, 0.3) is 0 Å². The van der Waals surface area contributed by atoms with Gasteiger partial charge in [-0.25, -0.2) is 13.8 Å². The molecule has 0 fully saturated rings. The molecule has 3 aromatic rings. The first kappa shape index (κ1) is 24.7. The van der Waals surface area contributed by atoms with Gasteiger partial charge >= 0.3 is 6.18 Å². The van der Waals surface area contributed by atoms with Gasteiger partial charge in [-0.15, -0.1) is 11.3 Å². The van der Waals surface area contributed by atoms with Gasteiger partial charge in [0.05, 0.1) is 27.4 Å². The van der Waals surface area contributed by atoms with E-state index >= 15 is 0 Å². The second-order valence-corrected chi connectivity index (χ2v) is 9.96. The van der Waals surface area contributed by atoms with Crippen LogP contribution in [0.15, 0.2) is 70.0 Å². The van der Waals surface area contributed by atoms with Crippen molar-refractivity contribution >= 4 is 50.8 Å². The maximum atomic E-state index is 13.4. The third-order valence-electron chi connectivity index (χ3n) is 4.43. The van der Waals surface area contributed by atoms with Gasteiger partial charge in [0.2, 0.25) is 0 Å². The van der Waals surface area contributed by atoms with Crippen LogP contribution in [-0.2, 0) is 21.0 Å². The zero-order valence-electron chi connectivity index (χ0n) is 17.0. The fourth-order valence-electron chi connectivity index (χ4n) is 2.77. The molecule has 1 N–H and O–H groups in total. The van der Waals surface area contributed by atoms with E-state index in [1.807, 2.05) is 18.4 Å². The molecule has 0 atom stereocenters. The van der Waals surface area contributed by atoms with Crippen molar-refractivity contribution in [2.24, 2.45) is 5.10 Å². The Kier molecular flexibility index (Phi) is 7.45. The number of carbonyl (C=O) groups is 1. The Morgan fingerprint density at radius 3 is 2.48 bits per heavy atom. The highest BCUT2D eigenvalue weighted by atomic mass is 35.5. The molecular weight excluding hydrogens is 499 g/mol. The highest BCUT2D eigenvalue weighted by Gasteiger charge is 2.35. The molecule has 0 aliphatic carbocycles. The molecule has 1 aromatic heterocycles. The van der Waals surface area contributed by atoms with Gasteiger partial charge in [-0.2, -0.15) is 18.3 Å². The van der Waals surface area contributed by atoms with Gasteiger partial charge in [0.25, 0.3) is 15.9 Å². The molecule has 2 aromatic carbocycles. The maximum Gasteiger partial charge on any atom is 0.417 e. The molecular formula is C21H17ClF3N3O3S2. The van der Waals surface area contributed by atoms with Crippen molar-refractivity contribution in [2.45, 2.75) is 18.0 Å². The molecule has 0 radical (unpaired) electrons. The number of anilines is 1. The van der Waals surface area contributed by atoms with Gasteiger partial charge in [0.15, 0.2) is 0 Å². The highest BCUT2D eigenvalue weighted by Crippen LogP contribution is 2.38. The SMILES string of the molecule is Cc1ccsc1/C=N\NC(=O)CN(c1ccc(Cl)c(C(F)(F)F)c1)S(=O)(=O)c1ccccc1. The minimum atomic E-state index is -4.82. The van der Waals surface area contributed by atoms with Crippen LogP contribution in [0.4, 0.5) is 18.9 Å². The summed E-state index contributed by atoms with van der Waals surface area (Å²) in [6.07, 6.45) is -3.42. The number of nitrogens with zero attached hydrogens (tertiary/aromatic N) is 2. The lowest BCUT2D eigenvalue weighted by molar-refractivity contribution is -0.137. The number of carbonyl (C=O) groups excluding carboxylic acids is 1. The predicted octanol–water partition coefficient (Wildman–Crippen LogP) is 5.07. The van der Waals surface area contributed by atoms with Crippen molar-refractivity contribution in [1.29, 1.82) is 0 Å². The Hall–Kier alpha value is -2.89. The van der Waals surface area contributed by atoms with Gasteiger partial charge in [-0.05, 0) is 54.3 Å². The number of sulfonamides is 1. The van der Waals surface area contributed by atoms with Crippen LogP contribution >= 0.6 is 22.9 Å². The molecule has 1 heterocycles. The Bertz CT molecular complexity index is 1280. The lowest BCUT2D eigenvalue weighted by Gasteiger charge is -2.24. The number of hydrazone groups is 1. The average molecular weight is 516 g/mol. The summed E-state index contributed by atoms with van der Waals surface area (Å²) in [4.78, 5) is 13.1. The normalized spacial score (nSPS) is 12.2. The molecule has 33 heavy (non-hydrogen) atoms. The molecule has 3 rings (SSSR count). The summed E-state index contributed by atoms with van der Waals surface area (Å²) in [5, 5.41) is 5.06. The van der Waals surface area contributed by atoms with Gasteiger partial charge in [-0.3, -0.25) is 9.10 Å². The number of nitrogens with one attached hydrogen (secondary N) is 1. The summed E-state index contributed by atoms with van der Waals surface area (Å²) in [6, 6.07) is 11.5. The van der Waals surface area contributed by atoms with Gasteiger partial charge in [0, 0.05) is 4.88 Å². The van der Waals surface area contributed by atoms with Crippen molar-refractivity contribution in [3.8, 4) is 0 Å². The molecule has 0 saturated heterocycles. The van der Waals surface area contributed by atoms with E-state index in [1.54, 1.807) is 6.07 Å². The summed E-state index contributed by atoms with van der Waals surface area (Å²) in [5.41, 5.74) is 1.56. The second-order valence-electron chi connectivity index (χ2n) is 6.75. The van der Waals surface area contributed by atoms with Crippen LogP contribution < -0.4 is 9.73 Å². The number of benzene rings is 2. The van der Waals surface area contributed by atoms with Crippen molar-refractivity contribution in [3.05, 3.63) is 81.0 Å². The number of thiophene rings is 1. The summed E-state index contributed by atoms with van der Waals surface area (Å²) in [5.74, 6) is -0.844. The number of rotatable bonds is 7.